The lowest BCUT2D eigenvalue weighted by atomic mass is 10.1. The van der Waals surface area contributed by atoms with Gasteiger partial charge in [-0.1, -0.05) is 6.42 Å². The third kappa shape index (κ3) is 2.17. The Kier molecular flexibility index (Phi) is 3.01. The molecule has 0 aromatic heterocycles. The van der Waals surface area contributed by atoms with Crippen molar-refractivity contribution < 1.29 is 9.90 Å². The summed E-state index contributed by atoms with van der Waals surface area (Å²) in [5.41, 5.74) is 0. The molecule has 2 saturated carbocycles. The van der Waals surface area contributed by atoms with Crippen LogP contribution in [0.3, 0.4) is 0 Å². The molecular formula is C12H21NO2. The van der Waals surface area contributed by atoms with Crippen molar-refractivity contribution in [2.75, 3.05) is 13.6 Å². The van der Waals surface area contributed by atoms with Gasteiger partial charge in [0.25, 0.3) is 0 Å². The maximum atomic E-state index is 12.0. The van der Waals surface area contributed by atoms with Crippen molar-refractivity contribution in [3.05, 3.63) is 0 Å². The summed E-state index contributed by atoms with van der Waals surface area (Å²) in [7, 11) is 1.86. The quantitative estimate of drug-likeness (QED) is 0.760. The Morgan fingerprint density at radius 2 is 2.07 bits per heavy atom. The molecule has 2 rings (SSSR count). The van der Waals surface area contributed by atoms with Gasteiger partial charge >= 0.3 is 0 Å². The van der Waals surface area contributed by atoms with Gasteiger partial charge in [-0.3, -0.25) is 4.79 Å². The Morgan fingerprint density at radius 1 is 1.47 bits per heavy atom. The van der Waals surface area contributed by atoms with Crippen LogP contribution in [0.1, 0.15) is 32.6 Å². The molecule has 3 nitrogen and oxygen atoms in total. The first-order chi connectivity index (χ1) is 7.11. The number of fused-ring (bicyclic) bond motifs is 1. The number of carbonyl (C=O) groups is 1. The molecule has 86 valence electrons. The van der Waals surface area contributed by atoms with Gasteiger partial charge in [0, 0.05) is 19.5 Å². The van der Waals surface area contributed by atoms with E-state index in [1.807, 2.05) is 7.05 Å². The van der Waals surface area contributed by atoms with Gasteiger partial charge in [0.15, 0.2) is 0 Å². The maximum Gasteiger partial charge on any atom is 0.226 e. The second-order valence-electron chi connectivity index (χ2n) is 5.18. The molecule has 3 heteroatoms. The smallest absolute Gasteiger partial charge is 0.226 e. The summed E-state index contributed by atoms with van der Waals surface area (Å²) in [4.78, 5) is 13.8. The molecule has 2 aliphatic rings. The average molecular weight is 211 g/mol. The molecule has 1 N–H and O–H groups in total. The molecule has 0 aliphatic heterocycles. The SMILES string of the molecule is CC(O)CCN(C)C(=O)C1C2CCCC21. The van der Waals surface area contributed by atoms with E-state index in [1.54, 1.807) is 11.8 Å². The monoisotopic (exact) mass is 211 g/mol. The molecule has 0 saturated heterocycles. The van der Waals surface area contributed by atoms with E-state index < -0.39 is 0 Å². The molecule has 3 atom stereocenters. The van der Waals surface area contributed by atoms with Crippen molar-refractivity contribution in [2.24, 2.45) is 17.8 Å². The fourth-order valence-electron chi connectivity index (χ4n) is 2.93. The Hall–Kier alpha value is -0.570. The van der Waals surface area contributed by atoms with Crippen LogP contribution in [0.4, 0.5) is 0 Å². The minimum absolute atomic E-state index is 0.307. The summed E-state index contributed by atoms with van der Waals surface area (Å²) < 4.78 is 0. The molecule has 0 spiro atoms. The highest BCUT2D eigenvalue weighted by molar-refractivity contribution is 5.82. The third-order valence-electron chi connectivity index (χ3n) is 3.95. The van der Waals surface area contributed by atoms with Gasteiger partial charge < -0.3 is 10.0 Å². The molecule has 1 amide bonds. The van der Waals surface area contributed by atoms with E-state index in [4.69, 9.17) is 5.11 Å². The molecule has 2 fully saturated rings. The molecule has 15 heavy (non-hydrogen) atoms. The first-order valence-corrected chi connectivity index (χ1v) is 6.04. The lowest BCUT2D eigenvalue weighted by molar-refractivity contribution is -0.132. The van der Waals surface area contributed by atoms with Gasteiger partial charge in [-0.25, -0.2) is 0 Å². The second-order valence-corrected chi connectivity index (χ2v) is 5.18. The maximum absolute atomic E-state index is 12.0. The highest BCUT2D eigenvalue weighted by Gasteiger charge is 2.57. The van der Waals surface area contributed by atoms with Crippen molar-refractivity contribution >= 4 is 5.91 Å². The Morgan fingerprint density at radius 3 is 2.60 bits per heavy atom. The van der Waals surface area contributed by atoms with Crippen molar-refractivity contribution in [1.29, 1.82) is 0 Å². The van der Waals surface area contributed by atoms with Crippen molar-refractivity contribution in [1.82, 2.24) is 4.90 Å². The van der Waals surface area contributed by atoms with Gasteiger partial charge in [0.1, 0.15) is 0 Å². The van der Waals surface area contributed by atoms with Gasteiger partial charge in [-0.15, -0.1) is 0 Å². The van der Waals surface area contributed by atoms with Gasteiger partial charge in [0.2, 0.25) is 5.91 Å². The van der Waals surface area contributed by atoms with E-state index in [0.29, 0.717) is 36.6 Å². The number of amides is 1. The average Bonchev–Trinajstić information content (AvgIpc) is 2.66. The minimum atomic E-state index is -0.307. The predicted molar refractivity (Wildman–Crippen MR) is 58.3 cm³/mol. The second kappa shape index (κ2) is 4.12. The first-order valence-electron chi connectivity index (χ1n) is 6.04. The number of nitrogens with zero attached hydrogens (tertiary/aromatic N) is 1. The first kappa shape index (κ1) is 10.9. The van der Waals surface area contributed by atoms with Crippen molar-refractivity contribution in [2.45, 2.75) is 38.7 Å². The predicted octanol–water partition coefficient (Wildman–Crippen LogP) is 1.26. The van der Waals surface area contributed by atoms with Crippen LogP contribution < -0.4 is 0 Å². The minimum Gasteiger partial charge on any atom is -0.393 e. The molecule has 0 bridgehead atoms. The van der Waals surface area contributed by atoms with Gasteiger partial charge in [-0.05, 0) is 38.0 Å². The molecule has 2 aliphatic carbocycles. The van der Waals surface area contributed by atoms with Crippen molar-refractivity contribution in [3.63, 3.8) is 0 Å². The zero-order valence-electron chi connectivity index (χ0n) is 9.65. The normalized spacial score (nSPS) is 34.7. The van der Waals surface area contributed by atoms with Gasteiger partial charge in [0.05, 0.1) is 6.10 Å². The summed E-state index contributed by atoms with van der Waals surface area (Å²) in [6.07, 6.45) is 4.20. The van der Waals surface area contributed by atoms with Gasteiger partial charge in [-0.2, -0.15) is 0 Å². The number of aliphatic hydroxyl groups is 1. The number of rotatable bonds is 4. The summed E-state index contributed by atoms with van der Waals surface area (Å²) >= 11 is 0. The lowest BCUT2D eigenvalue weighted by Gasteiger charge is -2.18. The number of hydrogen-bond acceptors (Lipinski definition) is 2. The van der Waals surface area contributed by atoms with E-state index in [2.05, 4.69) is 0 Å². The van der Waals surface area contributed by atoms with Crippen molar-refractivity contribution in [3.8, 4) is 0 Å². The van der Waals surface area contributed by atoms with E-state index in [-0.39, 0.29) is 6.10 Å². The Balaban J connectivity index is 1.76. The molecule has 0 aromatic rings. The number of aliphatic hydroxyl groups excluding tert-OH is 1. The Bertz CT molecular complexity index is 242. The van der Waals surface area contributed by atoms with Crippen LogP contribution in [0, 0.1) is 17.8 Å². The summed E-state index contributed by atoms with van der Waals surface area (Å²) in [6, 6.07) is 0. The lowest BCUT2D eigenvalue weighted by Crippen LogP contribution is -2.31. The van der Waals surface area contributed by atoms with Crippen LogP contribution in [-0.4, -0.2) is 35.6 Å². The molecular weight excluding hydrogens is 190 g/mol. The standard InChI is InChI=1S/C12H21NO2/c1-8(14)6-7-13(2)12(15)11-9-4-3-5-10(9)11/h8-11,14H,3-7H2,1-2H3. The molecule has 3 unspecified atom stereocenters. The Labute approximate surface area is 91.5 Å². The zero-order valence-corrected chi connectivity index (χ0v) is 9.65. The van der Waals surface area contributed by atoms with Crippen LogP contribution in [0.25, 0.3) is 0 Å². The largest absolute Gasteiger partial charge is 0.393 e. The molecule has 0 aromatic carbocycles. The van der Waals surface area contributed by atoms with Crippen LogP contribution >= 0.6 is 0 Å². The van der Waals surface area contributed by atoms with E-state index in [1.165, 1.54) is 19.3 Å². The zero-order chi connectivity index (χ0) is 11.0. The fourth-order valence-corrected chi connectivity index (χ4v) is 2.93. The summed E-state index contributed by atoms with van der Waals surface area (Å²) in [5, 5.41) is 9.16. The third-order valence-corrected chi connectivity index (χ3v) is 3.95. The van der Waals surface area contributed by atoms with Crippen LogP contribution in [-0.2, 0) is 4.79 Å². The summed E-state index contributed by atoms with van der Waals surface area (Å²) in [5.74, 6) is 2.04. The summed E-state index contributed by atoms with van der Waals surface area (Å²) in [6.45, 7) is 2.45. The molecule has 0 radical (unpaired) electrons. The highest BCUT2D eigenvalue weighted by atomic mass is 16.3. The topological polar surface area (TPSA) is 40.5 Å². The van der Waals surface area contributed by atoms with Crippen LogP contribution in [0.15, 0.2) is 0 Å². The van der Waals surface area contributed by atoms with Crippen LogP contribution in [0.5, 0.6) is 0 Å². The van der Waals surface area contributed by atoms with E-state index in [9.17, 15) is 4.79 Å². The highest BCUT2D eigenvalue weighted by Crippen LogP contribution is 2.57. The molecule has 0 heterocycles. The van der Waals surface area contributed by atoms with E-state index in [0.717, 1.165) is 0 Å². The van der Waals surface area contributed by atoms with Crippen LogP contribution in [0.2, 0.25) is 0 Å². The number of carbonyl (C=O) groups excluding carboxylic acids is 1. The van der Waals surface area contributed by atoms with E-state index >= 15 is 0 Å². The fraction of sp³-hybridized carbons (Fsp3) is 0.917. The number of hydrogen-bond donors (Lipinski definition) is 1.